The van der Waals surface area contributed by atoms with E-state index in [2.05, 4.69) is 30.8 Å². The van der Waals surface area contributed by atoms with Crippen LogP contribution in [0.25, 0.3) is 0 Å². The zero-order valence-electron chi connectivity index (χ0n) is 21.6. The van der Waals surface area contributed by atoms with Crippen molar-refractivity contribution in [2.45, 2.75) is 90.9 Å². The number of carbonyl (C=O) groups is 2. The van der Waals surface area contributed by atoms with Gasteiger partial charge in [0.15, 0.2) is 0 Å². The molecule has 1 aliphatic carbocycles. The highest BCUT2D eigenvalue weighted by Gasteiger charge is 2.26. The average Bonchev–Trinajstić information content (AvgIpc) is 2.78. The van der Waals surface area contributed by atoms with Gasteiger partial charge in [-0.2, -0.15) is 0 Å². The second-order valence-electron chi connectivity index (χ2n) is 10.8. The lowest BCUT2D eigenvalue weighted by molar-refractivity contribution is -0.130. The Morgan fingerprint density at radius 3 is 2.00 bits per heavy atom. The Labute approximate surface area is 198 Å². The third-order valence-electron chi connectivity index (χ3n) is 7.88. The van der Waals surface area contributed by atoms with Gasteiger partial charge in [-0.25, -0.2) is 0 Å². The highest BCUT2D eigenvalue weighted by molar-refractivity contribution is 5.81. The van der Waals surface area contributed by atoms with Crippen LogP contribution in [0.5, 0.6) is 0 Å². The summed E-state index contributed by atoms with van der Waals surface area (Å²) >= 11 is 0. The van der Waals surface area contributed by atoms with Gasteiger partial charge < -0.3 is 14.7 Å². The molecule has 0 aromatic heterocycles. The monoisotopic (exact) mass is 449 g/mol. The molecule has 1 saturated carbocycles. The summed E-state index contributed by atoms with van der Waals surface area (Å²) in [6.45, 7) is 10.1. The number of rotatable bonds is 14. The number of hydrogen-bond acceptors (Lipinski definition) is 4. The van der Waals surface area contributed by atoms with Crippen LogP contribution in [0.3, 0.4) is 0 Å². The summed E-state index contributed by atoms with van der Waals surface area (Å²) in [6, 6.07) is 0. The molecule has 2 fully saturated rings. The minimum absolute atomic E-state index is 0.233. The summed E-state index contributed by atoms with van der Waals surface area (Å²) in [5.41, 5.74) is 0. The van der Waals surface area contributed by atoms with Crippen molar-refractivity contribution in [3.05, 3.63) is 0 Å². The molecule has 0 aromatic carbocycles. The van der Waals surface area contributed by atoms with Crippen LogP contribution in [-0.2, 0) is 9.59 Å². The second-order valence-corrected chi connectivity index (χ2v) is 10.8. The Kier molecular flexibility index (Phi) is 12.8. The SMILES string of the molecule is CCCN(CCCN(C)C)CCC(=O)C1CCC(CCCC2CCN(C(C)=O)CC2)CC1. The molecule has 2 aliphatic rings. The fourth-order valence-corrected chi connectivity index (χ4v) is 5.74. The number of hydrogen-bond donors (Lipinski definition) is 0. The molecule has 0 bridgehead atoms. The maximum atomic E-state index is 12.8. The van der Waals surface area contributed by atoms with Crippen molar-refractivity contribution in [2.75, 3.05) is 53.4 Å². The first-order chi connectivity index (χ1) is 15.4. The molecule has 0 unspecified atom stereocenters. The molecule has 186 valence electrons. The highest BCUT2D eigenvalue weighted by Crippen LogP contribution is 2.34. The molecule has 1 aliphatic heterocycles. The van der Waals surface area contributed by atoms with Gasteiger partial charge in [-0.3, -0.25) is 9.59 Å². The van der Waals surface area contributed by atoms with Crippen LogP contribution in [-0.4, -0.2) is 79.8 Å². The van der Waals surface area contributed by atoms with Crippen molar-refractivity contribution in [2.24, 2.45) is 17.8 Å². The average molecular weight is 450 g/mol. The summed E-state index contributed by atoms with van der Waals surface area (Å²) in [5.74, 6) is 2.73. The normalized spacial score (nSPS) is 22.6. The van der Waals surface area contributed by atoms with Crippen LogP contribution in [0.4, 0.5) is 0 Å². The predicted molar refractivity (Wildman–Crippen MR) is 134 cm³/mol. The van der Waals surface area contributed by atoms with Crippen molar-refractivity contribution in [3.8, 4) is 0 Å². The third-order valence-corrected chi connectivity index (χ3v) is 7.88. The van der Waals surface area contributed by atoms with Crippen molar-refractivity contribution < 1.29 is 9.59 Å². The number of Topliss-reactive ketones (excluding diaryl/α,β-unsaturated/α-hetero) is 1. The quantitative estimate of drug-likeness (QED) is 0.380. The Balaban J connectivity index is 1.57. The number of carbonyl (C=O) groups excluding carboxylic acids is 2. The molecule has 0 aromatic rings. The van der Waals surface area contributed by atoms with E-state index in [0.29, 0.717) is 11.7 Å². The van der Waals surface area contributed by atoms with E-state index in [4.69, 9.17) is 0 Å². The Bertz CT molecular complexity index is 535. The van der Waals surface area contributed by atoms with Gasteiger partial charge in [0.05, 0.1) is 0 Å². The largest absolute Gasteiger partial charge is 0.343 e. The highest BCUT2D eigenvalue weighted by atomic mass is 16.2. The topological polar surface area (TPSA) is 43.9 Å². The van der Waals surface area contributed by atoms with Crippen molar-refractivity contribution in [3.63, 3.8) is 0 Å². The maximum absolute atomic E-state index is 12.8. The van der Waals surface area contributed by atoms with E-state index in [0.717, 1.165) is 76.8 Å². The fourth-order valence-electron chi connectivity index (χ4n) is 5.74. The minimum Gasteiger partial charge on any atom is -0.343 e. The predicted octanol–water partition coefficient (Wildman–Crippen LogP) is 4.84. The van der Waals surface area contributed by atoms with Gasteiger partial charge in [-0.1, -0.05) is 26.2 Å². The zero-order valence-corrected chi connectivity index (χ0v) is 21.6. The molecule has 2 rings (SSSR count). The molecule has 5 nitrogen and oxygen atoms in total. The Hall–Kier alpha value is -0.940. The van der Waals surface area contributed by atoms with Gasteiger partial charge in [0, 0.05) is 38.9 Å². The first kappa shape index (κ1) is 27.3. The Morgan fingerprint density at radius 1 is 0.812 bits per heavy atom. The van der Waals surface area contributed by atoms with Crippen LogP contribution >= 0.6 is 0 Å². The smallest absolute Gasteiger partial charge is 0.219 e. The fraction of sp³-hybridized carbons (Fsp3) is 0.926. The van der Waals surface area contributed by atoms with E-state index in [1.807, 2.05) is 4.90 Å². The molecular formula is C27H51N3O2. The summed E-state index contributed by atoms with van der Waals surface area (Å²) in [4.78, 5) is 31.0. The summed E-state index contributed by atoms with van der Waals surface area (Å²) < 4.78 is 0. The molecule has 5 heteroatoms. The van der Waals surface area contributed by atoms with E-state index < -0.39 is 0 Å². The van der Waals surface area contributed by atoms with Crippen molar-refractivity contribution >= 4 is 11.7 Å². The van der Waals surface area contributed by atoms with Gasteiger partial charge in [0.2, 0.25) is 5.91 Å². The Morgan fingerprint density at radius 2 is 1.44 bits per heavy atom. The molecule has 1 saturated heterocycles. The lowest BCUT2D eigenvalue weighted by Crippen LogP contribution is -2.36. The number of ketones is 1. The van der Waals surface area contributed by atoms with Gasteiger partial charge in [0.25, 0.3) is 0 Å². The third kappa shape index (κ3) is 10.3. The van der Waals surface area contributed by atoms with Crippen LogP contribution in [0.1, 0.15) is 90.9 Å². The molecule has 1 heterocycles. The van der Waals surface area contributed by atoms with Gasteiger partial charge in [0.1, 0.15) is 5.78 Å². The van der Waals surface area contributed by atoms with E-state index in [1.54, 1.807) is 6.92 Å². The van der Waals surface area contributed by atoms with Gasteiger partial charge >= 0.3 is 0 Å². The minimum atomic E-state index is 0.233. The van der Waals surface area contributed by atoms with Crippen molar-refractivity contribution in [1.29, 1.82) is 0 Å². The number of nitrogens with zero attached hydrogens (tertiary/aromatic N) is 3. The van der Waals surface area contributed by atoms with E-state index >= 15 is 0 Å². The van der Waals surface area contributed by atoms with Crippen molar-refractivity contribution in [1.82, 2.24) is 14.7 Å². The lowest BCUT2D eigenvalue weighted by atomic mass is 9.77. The summed E-state index contributed by atoms with van der Waals surface area (Å²) in [5, 5.41) is 0. The standard InChI is InChI=1S/C27H51N3O2/c1-5-17-29(19-7-18-28(3)4)20-16-27(32)26-12-10-24(11-13-26)8-6-9-25-14-21-30(22-15-25)23(2)31/h24-26H,5-22H2,1-4H3. The first-order valence-electron chi connectivity index (χ1n) is 13.5. The molecule has 32 heavy (non-hydrogen) atoms. The number of piperidine rings is 1. The molecule has 1 amide bonds. The lowest BCUT2D eigenvalue weighted by Gasteiger charge is -2.32. The molecule has 0 radical (unpaired) electrons. The van der Waals surface area contributed by atoms with E-state index in [1.165, 1.54) is 51.4 Å². The van der Waals surface area contributed by atoms with E-state index in [-0.39, 0.29) is 5.91 Å². The molecule has 0 N–H and O–H groups in total. The van der Waals surface area contributed by atoms with Crippen LogP contribution < -0.4 is 0 Å². The zero-order chi connectivity index (χ0) is 23.3. The summed E-state index contributed by atoms with van der Waals surface area (Å²) in [7, 11) is 4.26. The van der Waals surface area contributed by atoms with Gasteiger partial charge in [-0.05, 0) is 96.9 Å². The summed E-state index contributed by atoms with van der Waals surface area (Å²) in [6.07, 6.45) is 14.2. The maximum Gasteiger partial charge on any atom is 0.219 e. The number of likely N-dealkylation sites (tertiary alicyclic amines) is 1. The van der Waals surface area contributed by atoms with E-state index in [9.17, 15) is 9.59 Å². The van der Waals surface area contributed by atoms with Crippen LogP contribution in [0, 0.1) is 17.8 Å². The first-order valence-corrected chi connectivity index (χ1v) is 13.5. The number of amides is 1. The molecular weight excluding hydrogens is 398 g/mol. The van der Waals surface area contributed by atoms with Crippen LogP contribution in [0.15, 0.2) is 0 Å². The molecule has 0 spiro atoms. The second kappa shape index (κ2) is 15.1. The van der Waals surface area contributed by atoms with Gasteiger partial charge in [-0.15, -0.1) is 0 Å². The van der Waals surface area contributed by atoms with Crippen LogP contribution in [0.2, 0.25) is 0 Å². The molecule has 0 atom stereocenters.